The van der Waals surface area contributed by atoms with Crippen molar-refractivity contribution in [1.82, 2.24) is 0 Å². The Hall–Kier alpha value is -1.19. The van der Waals surface area contributed by atoms with E-state index in [4.69, 9.17) is 9.47 Å². The minimum absolute atomic E-state index is 0.148. The fraction of sp³-hybridized carbons (Fsp3) is 0.429. The largest absolute Gasteiger partial charge is 0.353 e. The summed E-state index contributed by atoms with van der Waals surface area (Å²) in [6.45, 7) is 5.24. The average Bonchev–Trinajstić information content (AvgIpc) is 2.38. The van der Waals surface area contributed by atoms with Crippen molar-refractivity contribution in [2.75, 3.05) is 13.2 Å². The molecule has 1 saturated heterocycles. The summed E-state index contributed by atoms with van der Waals surface area (Å²) in [6.07, 6.45) is 4.05. The molecule has 1 fully saturated rings. The summed E-state index contributed by atoms with van der Waals surface area (Å²) >= 11 is 0. The van der Waals surface area contributed by atoms with E-state index in [1.807, 2.05) is 0 Å². The molecule has 17 heavy (non-hydrogen) atoms. The van der Waals surface area contributed by atoms with Gasteiger partial charge in [-0.25, -0.2) is 4.39 Å². The highest BCUT2D eigenvalue weighted by Gasteiger charge is 2.14. The van der Waals surface area contributed by atoms with Gasteiger partial charge in [-0.2, -0.15) is 0 Å². The van der Waals surface area contributed by atoms with Crippen LogP contribution in [0.5, 0.6) is 0 Å². The lowest BCUT2D eigenvalue weighted by Gasteiger charge is -2.23. The van der Waals surface area contributed by atoms with E-state index in [1.165, 1.54) is 6.07 Å². The molecule has 1 aromatic rings. The van der Waals surface area contributed by atoms with E-state index >= 15 is 0 Å². The van der Waals surface area contributed by atoms with Crippen molar-refractivity contribution in [3.63, 3.8) is 0 Å². The Bertz CT molecular complexity index is 384. The maximum absolute atomic E-state index is 13.2. The van der Waals surface area contributed by atoms with E-state index in [2.05, 4.69) is 6.58 Å². The molecular weight excluding hydrogens is 219 g/mol. The van der Waals surface area contributed by atoms with Crippen LogP contribution in [0.15, 0.2) is 24.8 Å². The van der Waals surface area contributed by atoms with Crippen molar-refractivity contribution in [2.24, 2.45) is 0 Å². The summed E-state index contributed by atoms with van der Waals surface area (Å²) in [4.78, 5) is 0. The predicted molar refractivity (Wildman–Crippen MR) is 65.1 cm³/mol. The first kappa shape index (κ1) is 12.3. The van der Waals surface area contributed by atoms with E-state index in [0.717, 1.165) is 43.6 Å². The Kier molecular flexibility index (Phi) is 4.29. The summed E-state index contributed by atoms with van der Waals surface area (Å²) < 4.78 is 24.1. The lowest BCUT2D eigenvalue weighted by molar-refractivity contribution is -0.180. The van der Waals surface area contributed by atoms with Crippen LogP contribution in [-0.4, -0.2) is 19.5 Å². The smallest absolute Gasteiger partial charge is 0.157 e. The van der Waals surface area contributed by atoms with Crippen LogP contribution in [-0.2, 0) is 15.9 Å². The molecule has 0 amide bonds. The monoisotopic (exact) mass is 236 g/mol. The molecule has 0 aliphatic carbocycles. The van der Waals surface area contributed by atoms with Crippen LogP contribution in [0.25, 0.3) is 6.08 Å². The van der Waals surface area contributed by atoms with Gasteiger partial charge in [0.25, 0.3) is 0 Å². The second-order valence-electron chi connectivity index (χ2n) is 4.11. The van der Waals surface area contributed by atoms with Crippen molar-refractivity contribution < 1.29 is 13.9 Å². The van der Waals surface area contributed by atoms with Crippen molar-refractivity contribution in [3.8, 4) is 0 Å². The van der Waals surface area contributed by atoms with E-state index in [1.54, 1.807) is 18.2 Å². The highest BCUT2D eigenvalue weighted by Crippen LogP contribution is 2.18. The third-order valence-corrected chi connectivity index (χ3v) is 2.87. The van der Waals surface area contributed by atoms with Gasteiger partial charge in [0.15, 0.2) is 6.29 Å². The Morgan fingerprint density at radius 1 is 1.35 bits per heavy atom. The van der Waals surface area contributed by atoms with Gasteiger partial charge in [0.2, 0.25) is 0 Å². The zero-order valence-corrected chi connectivity index (χ0v) is 9.82. The van der Waals surface area contributed by atoms with E-state index in [0.29, 0.717) is 0 Å². The van der Waals surface area contributed by atoms with Gasteiger partial charge in [-0.05, 0) is 36.1 Å². The third-order valence-electron chi connectivity index (χ3n) is 2.87. The maximum Gasteiger partial charge on any atom is 0.157 e. The van der Waals surface area contributed by atoms with Gasteiger partial charge >= 0.3 is 0 Å². The van der Waals surface area contributed by atoms with Crippen molar-refractivity contribution >= 4 is 6.08 Å². The zero-order chi connectivity index (χ0) is 12.1. The predicted octanol–water partition coefficient (Wildman–Crippen LogP) is 3.16. The molecule has 0 aromatic heterocycles. The number of hydrogen-bond acceptors (Lipinski definition) is 2. The lowest BCUT2D eigenvalue weighted by atomic mass is 10.0. The van der Waals surface area contributed by atoms with Crippen molar-refractivity contribution in [1.29, 1.82) is 0 Å². The standard InChI is InChI=1S/C14H17FO2/c1-2-11-4-6-13(15)10-12(11)5-7-14-16-8-3-9-17-14/h2,4,6,10,14H,1,3,5,7-9H2. The Morgan fingerprint density at radius 2 is 2.12 bits per heavy atom. The topological polar surface area (TPSA) is 18.5 Å². The van der Waals surface area contributed by atoms with Crippen LogP contribution in [0.4, 0.5) is 4.39 Å². The van der Waals surface area contributed by atoms with Crippen LogP contribution in [0.3, 0.4) is 0 Å². The summed E-state index contributed by atoms with van der Waals surface area (Å²) in [5.74, 6) is -0.212. The van der Waals surface area contributed by atoms with Gasteiger partial charge in [-0.3, -0.25) is 0 Å². The van der Waals surface area contributed by atoms with E-state index < -0.39 is 0 Å². The van der Waals surface area contributed by atoms with Crippen LogP contribution in [0.2, 0.25) is 0 Å². The zero-order valence-electron chi connectivity index (χ0n) is 9.82. The highest BCUT2D eigenvalue weighted by atomic mass is 19.1. The molecule has 1 heterocycles. The van der Waals surface area contributed by atoms with Gasteiger partial charge in [0, 0.05) is 6.42 Å². The molecule has 92 valence electrons. The number of ether oxygens (including phenoxy) is 2. The van der Waals surface area contributed by atoms with Gasteiger partial charge in [-0.1, -0.05) is 18.7 Å². The van der Waals surface area contributed by atoms with Crippen LogP contribution in [0.1, 0.15) is 24.0 Å². The minimum atomic E-state index is -0.212. The first-order valence-corrected chi connectivity index (χ1v) is 5.93. The molecule has 0 N–H and O–H groups in total. The Balaban J connectivity index is 1.97. The molecule has 0 saturated carbocycles. The summed E-state index contributed by atoms with van der Waals surface area (Å²) in [6, 6.07) is 4.76. The molecule has 0 spiro atoms. The first-order valence-electron chi connectivity index (χ1n) is 5.93. The van der Waals surface area contributed by atoms with Crippen LogP contribution >= 0.6 is 0 Å². The normalized spacial score (nSPS) is 17.0. The number of hydrogen-bond donors (Lipinski definition) is 0. The molecule has 1 aliphatic heterocycles. The fourth-order valence-corrected chi connectivity index (χ4v) is 1.97. The lowest BCUT2D eigenvalue weighted by Crippen LogP contribution is -2.25. The summed E-state index contributed by atoms with van der Waals surface area (Å²) in [5.41, 5.74) is 1.93. The second-order valence-corrected chi connectivity index (χ2v) is 4.11. The van der Waals surface area contributed by atoms with Crippen molar-refractivity contribution in [2.45, 2.75) is 25.6 Å². The molecule has 2 nitrogen and oxygen atoms in total. The van der Waals surface area contributed by atoms with Gasteiger partial charge < -0.3 is 9.47 Å². The summed E-state index contributed by atoms with van der Waals surface area (Å²) in [7, 11) is 0. The molecular formula is C14H17FO2. The van der Waals surface area contributed by atoms with Gasteiger partial charge in [0.1, 0.15) is 5.82 Å². The van der Waals surface area contributed by atoms with Crippen molar-refractivity contribution in [3.05, 3.63) is 41.7 Å². The quantitative estimate of drug-likeness (QED) is 0.799. The average molecular weight is 236 g/mol. The molecule has 0 radical (unpaired) electrons. The third kappa shape index (κ3) is 3.38. The van der Waals surface area contributed by atoms with Crippen LogP contribution in [0, 0.1) is 5.82 Å². The fourth-order valence-electron chi connectivity index (χ4n) is 1.97. The van der Waals surface area contributed by atoms with E-state index in [9.17, 15) is 4.39 Å². The number of aryl methyl sites for hydroxylation is 1. The number of rotatable bonds is 4. The molecule has 1 aromatic carbocycles. The Labute approximate surface area is 101 Å². The van der Waals surface area contributed by atoms with Gasteiger partial charge in [0.05, 0.1) is 13.2 Å². The maximum atomic E-state index is 13.2. The molecule has 0 bridgehead atoms. The molecule has 3 heteroatoms. The molecule has 1 aliphatic rings. The highest BCUT2D eigenvalue weighted by molar-refractivity contribution is 5.51. The second kappa shape index (κ2) is 5.94. The van der Waals surface area contributed by atoms with Gasteiger partial charge in [-0.15, -0.1) is 0 Å². The number of benzene rings is 1. The number of halogens is 1. The summed E-state index contributed by atoms with van der Waals surface area (Å²) in [5, 5.41) is 0. The molecule has 2 rings (SSSR count). The van der Waals surface area contributed by atoms with E-state index in [-0.39, 0.29) is 12.1 Å². The minimum Gasteiger partial charge on any atom is -0.353 e. The Morgan fingerprint density at radius 3 is 2.82 bits per heavy atom. The first-order chi connectivity index (χ1) is 8.29. The SMILES string of the molecule is C=Cc1ccc(F)cc1CCC1OCCCO1. The van der Waals surface area contributed by atoms with Crippen LogP contribution < -0.4 is 0 Å². The molecule has 0 unspecified atom stereocenters. The molecule has 0 atom stereocenters.